The Bertz CT molecular complexity index is 1000. The Hall–Kier alpha value is -3.05. The van der Waals surface area contributed by atoms with Crippen molar-refractivity contribution in [3.63, 3.8) is 0 Å². The van der Waals surface area contributed by atoms with Gasteiger partial charge in [0.25, 0.3) is 0 Å². The predicted octanol–water partition coefficient (Wildman–Crippen LogP) is -0.358. The van der Waals surface area contributed by atoms with Gasteiger partial charge in [0, 0.05) is 17.8 Å². The van der Waals surface area contributed by atoms with Crippen LogP contribution >= 0.6 is 0 Å². The first kappa shape index (κ1) is 21.2. The summed E-state index contributed by atoms with van der Waals surface area (Å²) in [6.07, 6.45) is -8.86. The molecule has 10 heteroatoms. The molecule has 1 saturated heterocycles. The highest BCUT2D eigenvalue weighted by Gasteiger charge is 2.49. The highest BCUT2D eigenvalue weighted by atomic mass is 16.7. The number of fused-ring (bicyclic) bond motifs is 1. The van der Waals surface area contributed by atoms with Crippen molar-refractivity contribution in [1.82, 2.24) is 4.57 Å². The first-order valence-electron chi connectivity index (χ1n) is 9.71. The fraction of sp³-hybridized carbons (Fsp3) is 0.381. The zero-order valence-corrected chi connectivity index (χ0v) is 16.2. The molecule has 31 heavy (non-hydrogen) atoms. The molecule has 0 radical (unpaired) electrons. The van der Waals surface area contributed by atoms with Crippen molar-refractivity contribution < 1.29 is 44.3 Å². The number of hydrogen-bond donors (Lipinski definition) is 4. The third kappa shape index (κ3) is 3.74. The summed E-state index contributed by atoms with van der Waals surface area (Å²) < 4.78 is 11.9. The molecule has 3 heterocycles. The maximum atomic E-state index is 12.8. The number of ketones is 1. The second-order valence-electron chi connectivity index (χ2n) is 7.50. The molecule has 1 fully saturated rings. The van der Waals surface area contributed by atoms with Gasteiger partial charge in [0.15, 0.2) is 6.10 Å². The van der Waals surface area contributed by atoms with Crippen LogP contribution in [0.5, 0.6) is 0 Å². The van der Waals surface area contributed by atoms with Crippen LogP contribution in [0, 0.1) is 0 Å². The van der Waals surface area contributed by atoms with Gasteiger partial charge in [-0.3, -0.25) is 9.59 Å². The number of carbonyl (C=O) groups is 3. The molecule has 164 valence electrons. The monoisotopic (exact) mass is 431 g/mol. The van der Waals surface area contributed by atoms with Crippen LogP contribution < -0.4 is 0 Å². The molecule has 0 amide bonds. The number of aliphatic hydroxyl groups is 3. The van der Waals surface area contributed by atoms with Crippen molar-refractivity contribution in [2.45, 2.75) is 49.6 Å². The van der Waals surface area contributed by atoms with E-state index in [1.54, 1.807) is 47.0 Å². The number of ether oxygens (including phenoxy) is 2. The van der Waals surface area contributed by atoms with E-state index in [1.807, 2.05) is 0 Å². The number of carboxylic acids is 1. The second-order valence-corrected chi connectivity index (χ2v) is 7.50. The molecule has 2 aromatic rings. The van der Waals surface area contributed by atoms with Crippen LogP contribution in [0.3, 0.4) is 0 Å². The summed E-state index contributed by atoms with van der Waals surface area (Å²) in [7, 11) is 0. The van der Waals surface area contributed by atoms with Gasteiger partial charge >= 0.3 is 11.9 Å². The molecule has 1 aromatic carbocycles. The van der Waals surface area contributed by atoms with Gasteiger partial charge in [-0.1, -0.05) is 30.3 Å². The zero-order chi connectivity index (χ0) is 22.3. The Labute approximate surface area is 176 Å². The second kappa shape index (κ2) is 8.23. The maximum Gasteiger partial charge on any atom is 0.335 e. The van der Waals surface area contributed by atoms with Crippen LogP contribution in [0.25, 0.3) is 0 Å². The lowest BCUT2D eigenvalue weighted by atomic mass is 9.99. The predicted molar refractivity (Wildman–Crippen MR) is 102 cm³/mol. The number of carbonyl (C=O) groups excluding carboxylic acids is 2. The standard InChI is InChI=1S/C21H21NO9/c23-14(10-4-2-1-3-5-10)13-7-6-12-11(8-9-22(12)13)20(29)31-21-17(26)15(24)16(25)18(30-21)19(27)28/h1-7,11,15-18,21,24-26H,8-9H2,(H,27,28)/t11?,15-,16+,17-,18?,21+/m1/s1. The van der Waals surface area contributed by atoms with Gasteiger partial charge < -0.3 is 34.5 Å². The third-order valence-electron chi connectivity index (χ3n) is 5.61. The molecule has 0 aliphatic carbocycles. The number of aromatic nitrogens is 1. The molecule has 6 atom stereocenters. The zero-order valence-electron chi connectivity index (χ0n) is 16.2. The molecule has 2 aliphatic rings. The quantitative estimate of drug-likeness (QED) is 0.367. The number of rotatable bonds is 5. The average Bonchev–Trinajstić information content (AvgIpc) is 3.36. The summed E-state index contributed by atoms with van der Waals surface area (Å²) in [5, 5.41) is 38.7. The van der Waals surface area contributed by atoms with Crippen molar-refractivity contribution in [3.05, 3.63) is 59.4 Å². The van der Waals surface area contributed by atoms with E-state index in [1.165, 1.54) is 0 Å². The molecule has 0 bridgehead atoms. The minimum absolute atomic E-state index is 0.187. The lowest BCUT2D eigenvalue weighted by molar-refractivity contribution is -0.286. The SMILES string of the molecule is O=C(c1ccccc1)c1ccc2n1CCC2C(=O)O[C@@H]1OC(C(=O)O)[C@@H](O)[C@@H](O)[C@H]1O. The lowest BCUT2D eigenvalue weighted by Gasteiger charge is -2.38. The fourth-order valence-corrected chi connectivity index (χ4v) is 3.96. The summed E-state index contributed by atoms with van der Waals surface area (Å²) in [5.74, 6) is -3.32. The van der Waals surface area contributed by atoms with E-state index in [2.05, 4.69) is 0 Å². The molecule has 1 aromatic heterocycles. The summed E-state index contributed by atoms with van der Waals surface area (Å²) in [6, 6.07) is 12.0. The van der Waals surface area contributed by atoms with E-state index in [-0.39, 0.29) is 5.78 Å². The minimum atomic E-state index is -1.88. The average molecular weight is 431 g/mol. The van der Waals surface area contributed by atoms with Gasteiger partial charge in [0.1, 0.15) is 18.3 Å². The van der Waals surface area contributed by atoms with E-state index < -0.39 is 48.6 Å². The highest BCUT2D eigenvalue weighted by Crippen LogP contribution is 2.33. The normalized spacial score (nSPS) is 29.9. The van der Waals surface area contributed by atoms with E-state index >= 15 is 0 Å². The van der Waals surface area contributed by atoms with Crippen molar-refractivity contribution >= 4 is 17.7 Å². The fourth-order valence-electron chi connectivity index (χ4n) is 3.96. The summed E-state index contributed by atoms with van der Waals surface area (Å²) in [6.45, 7) is 0.392. The Kier molecular flexibility index (Phi) is 5.63. The smallest absolute Gasteiger partial charge is 0.335 e. The number of esters is 1. The van der Waals surface area contributed by atoms with Crippen LogP contribution in [0.1, 0.15) is 34.1 Å². The maximum absolute atomic E-state index is 12.8. The number of benzene rings is 1. The number of carboxylic acid groups (broad SMARTS) is 1. The number of aliphatic carboxylic acids is 1. The van der Waals surface area contributed by atoms with E-state index in [0.717, 1.165) is 0 Å². The van der Waals surface area contributed by atoms with Crippen molar-refractivity contribution in [2.75, 3.05) is 0 Å². The number of aliphatic hydroxyl groups excluding tert-OH is 3. The van der Waals surface area contributed by atoms with Crippen LogP contribution in [-0.2, 0) is 25.6 Å². The summed E-state index contributed by atoms with van der Waals surface area (Å²) >= 11 is 0. The van der Waals surface area contributed by atoms with Gasteiger partial charge in [-0.2, -0.15) is 0 Å². The van der Waals surface area contributed by atoms with Gasteiger partial charge in [-0.05, 0) is 18.6 Å². The number of nitrogens with zero attached hydrogens (tertiary/aromatic N) is 1. The topological polar surface area (TPSA) is 156 Å². The van der Waals surface area contributed by atoms with Gasteiger partial charge in [-0.25, -0.2) is 4.79 Å². The molecule has 2 unspecified atom stereocenters. The van der Waals surface area contributed by atoms with E-state index in [4.69, 9.17) is 14.6 Å². The van der Waals surface area contributed by atoms with E-state index in [9.17, 15) is 29.7 Å². The highest BCUT2D eigenvalue weighted by molar-refractivity contribution is 6.08. The molecule has 4 rings (SSSR count). The van der Waals surface area contributed by atoms with Crippen LogP contribution in [0.2, 0.25) is 0 Å². The largest absolute Gasteiger partial charge is 0.479 e. The number of hydrogen-bond acceptors (Lipinski definition) is 8. The summed E-state index contributed by atoms with van der Waals surface area (Å²) in [5.41, 5.74) is 1.49. The van der Waals surface area contributed by atoms with E-state index in [0.29, 0.717) is 29.9 Å². The van der Waals surface area contributed by atoms with Gasteiger partial charge in [0.05, 0.1) is 11.6 Å². The van der Waals surface area contributed by atoms with Crippen molar-refractivity contribution in [2.24, 2.45) is 0 Å². The Morgan fingerprint density at radius 2 is 1.68 bits per heavy atom. The Morgan fingerprint density at radius 3 is 2.35 bits per heavy atom. The van der Waals surface area contributed by atoms with Crippen LogP contribution in [0.15, 0.2) is 42.5 Å². The molecule has 10 nitrogen and oxygen atoms in total. The molecule has 4 N–H and O–H groups in total. The van der Waals surface area contributed by atoms with Gasteiger partial charge in [-0.15, -0.1) is 0 Å². The first-order valence-corrected chi connectivity index (χ1v) is 9.71. The van der Waals surface area contributed by atoms with Crippen molar-refractivity contribution in [3.8, 4) is 0 Å². The Balaban J connectivity index is 1.50. The lowest BCUT2D eigenvalue weighted by Crippen LogP contribution is -2.60. The third-order valence-corrected chi connectivity index (χ3v) is 5.61. The van der Waals surface area contributed by atoms with Gasteiger partial charge in [0.2, 0.25) is 12.1 Å². The molecule has 2 aliphatic heterocycles. The molecular formula is C21H21NO9. The van der Waals surface area contributed by atoms with Crippen molar-refractivity contribution in [1.29, 1.82) is 0 Å². The minimum Gasteiger partial charge on any atom is -0.479 e. The molecular weight excluding hydrogens is 410 g/mol. The molecule has 0 spiro atoms. The summed E-state index contributed by atoms with van der Waals surface area (Å²) in [4.78, 5) is 36.7. The van der Waals surface area contributed by atoms with Crippen LogP contribution in [0.4, 0.5) is 0 Å². The molecule has 0 saturated carbocycles. The first-order chi connectivity index (χ1) is 14.8. The Morgan fingerprint density at radius 1 is 0.968 bits per heavy atom. The van der Waals surface area contributed by atoms with Crippen LogP contribution in [-0.4, -0.2) is 73.4 Å².